The van der Waals surface area contributed by atoms with Gasteiger partial charge in [0.05, 0.1) is 0 Å². The lowest BCUT2D eigenvalue weighted by Gasteiger charge is -2.10. The number of rotatable bonds is 5. The van der Waals surface area contributed by atoms with E-state index in [2.05, 4.69) is 29.1 Å². The fraction of sp³-hybridized carbons (Fsp3) is 0.600. The number of thioether (sulfide) groups is 1. The van der Waals surface area contributed by atoms with Crippen molar-refractivity contribution in [3.05, 3.63) is 22.1 Å². The largest absolute Gasteiger partial charge is 0.314 e. The molecule has 1 rings (SSSR count). The van der Waals surface area contributed by atoms with Crippen LogP contribution in [0.4, 0.5) is 0 Å². The third-order valence-electron chi connectivity index (χ3n) is 1.87. The predicted octanol–water partition coefficient (Wildman–Crippen LogP) is 1.17. The van der Waals surface area contributed by atoms with E-state index in [1.165, 1.54) is 6.07 Å². The average molecular weight is 227 g/mol. The Balaban J connectivity index is 2.54. The predicted molar refractivity (Wildman–Crippen MR) is 63.5 cm³/mol. The molecule has 1 unspecified atom stereocenters. The van der Waals surface area contributed by atoms with Crippen molar-refractivity contribution in [1.82, 2.24) is 15.3 Å². The highest BCUT2D eigenvalue weighted by Gasteiger charge is 2.03. The number of nitrogens with zero attached hydrogens (tertiary/aromatic N) is 1. The summed E-state index contributed by atoms with van der Waals surface area (Å²) in [7, 11) is 0. The minimum Gasteiger partial charge on any atom is -0.314 e. The van der Waals surface area contributed by atoms with Crippen molar-refractivity contribution in [2.45, 2.75) is 32.0 Å². The van der Waals surface area contributed by atoms with E-state index >= 15 is 0 Å². The molecule has 84 valence electrons. The molecule has 0 saturated carbocycles. The molecular formula is C10H17N3OS. The van der Waals surface area contributed by atoms with Crippen molar-refractivity contribution in [2.75, 3.05) is 12.3 Å². The second-order valence-corrected chi connectivity index (χ2v) is 4.47. The summed E-state index contributed by atoms with van der Waals surface area (Å²) in [5.41, 5.74) is 0.679. The first-order valence-electron chi connectivity index (χ1n) is 5.06. The van der Waals surface area contributed by atoms with Crippen LogP contribution in [0.15, 0.2) is 16.0 Å². The quantitative estimate of drug-likeness (QED) is 0.585. The Hall–Kier alpha value is -0.810. The van der Waals surface area contributed by atoms with E-state index in [4.69, 9.17) is 0 Å². The molecule has 1 heterocycles. The van der Waals surface area contributed by atoms with Gasteiger partial charge in [0.25, 0.3) is 5.56 Å². The van der Waals surface area contributed by atoms with Gasteiger partial charge in [0.1, 0.15) is 0 Å². The Morgan fingerprint density at radius 2 is 2.40 bits per heavy atom. The molecule has 4 nitrogen and oxygen atoms in total. The van der Waals surface area contributed by atoms with Crippen LogP contribution in [0.5, 0.6) is 0 Å². The standard InChI is InChI=1S/C10H17N3OS/c1-4-11-8(3)6-15-10-12-7(2)5-9(14)13-10/h5,8,11H,4,6H2,1-3H3,(H,12,13,14). The van der Waals surface area contributed by atoms with E-state index in [1.807, 2.05) is 6.92 Å². The number of H-pyrrole nitrogens is 1. The van der Waals surface area contributed by atoms with Gasteiger partial charge in [-0.3, -0.25) is 4.79 Å². The Morgan fingerprint density at radius 3 is 3.00 bits per heavy atom. The minimum absolute atomic E-state index is 0.0823. The molecule has 0 radical (unpaired) electrons. The van der Waals surface area contributed by atoms with Crippen LogP contribution < -0.4 is 10.9 Å². The summed E-state index contributed by atoms with van der Waals surface area (Å²) in [6, 6.07) is 1.92. The molecule has 2 N–H and O–H groups in total. The topological polar surface area (TPSA) is 57.8 Å². The zero-order valence-electron chi connectivity index (χ0n) is 9.33. The molecule has 0 aliphatic heterocycles. The second-order valence-electron chi connectivity index (χ2n) is 3.46. The summed E-state index contributed by atoms with van der Waals surface area (Å²) in [5.74, 6) is 0.903. The summed E-state index contributed by atoms with van der Waals surface area (Å²) in [6.07, 6.45) is 0. The van der Waals surface area contributed by atoms with Crippen LogP contribution >= 0.6 is 11.8 Å². The van der Waals surface area contributed by atoms with Gasteiger partial charge in [0.15, 0.2) is 5.16 Å². The van der Waals surface area contributed by atoms with Crippen molar-refractivity contribution < 1.29 is 0 Å². The Kier molecular flexibility index (Phi) is 4.84. The molecule has 1 atom stereocenters. The molecular weight excluding hydrogens is 210 g/mol. The van der Waals surface area contributed by atoms with Gasteiger partial charge >= 0.3 is 0 Å². The van der Waals surface area contributed by atoms with E-state index in [1.54, 1.807) is 11.8 Å². The molecule has 0 fully saturated rings. The van der Waals surface area contributed by atoms with Crippen LogP contribution in [0.25, 0.3) is 0 Å². The monoisotopic (exact) mass is 227 g/mol. The number of nitrogens with one attached hydrogen (secondary N) is 2. The summed E-state index contributed by atoms with van der Waals surface area (Å²) < 4.78 is 0. The van der Waals surface area contributed by atoms with Crippen molar-refractivity contribution >= 4 is 11.8 Å². The van der Waals surface area contributed by atoms with Crippen molar-refractivity contribution in [2.24, 2.45) is 0 Å². The molecule has 0 aliphatic carbocycles. The fourth-order valence-electron chi connectivity index (χ4n) is 1.23. The molecule has 0 aromatic carbocycles. The van der Waals surface area contributed by atoms with Gasteiger partial charge in [-0.1, -0.05) is 18.7 Å². The zero-order valence-corrected chi connectivity index (χ0v) is 10.1. The minimum atomic E-state index is -0.0823. The molecule has 0 spiro atoms. The highest BCUT2D eigenvalue weighted by Crippen LogP contribution is 2.12. The van der Waals surface area contributed by atoms with Gasteiger partial charge in [-0.25, -0.2) is 4.98 Å². The maximum Gasteiger partial charge on any atom is 0.251 e. The summed E-state index contributed by atoms with van der Waals surface area (Å²) in [5, 5.41) is 4.00. The number of hydrogen-bond donors (Lipinski definition) is 2. The number of aryl methyl sites for hydroxylation is 1. The fourth-order valence-corrected chi connectivity index (χ4v) is 2.14. The lowest BCUT2D eigenvalue weighted by molar-refractivity contribution is 0.619. The van der Waals surface area contributed by atoms with E-state index in [0.717, 1.165) is 18.0 Å². The molecule has 1 aromatic heterocycles. The zero-order chi connectivity index (χ0) is 11.3. The van der Waals surface area contributed by atoms with E-state index in [0.29, 0.717) is 11.2 Å². The smallest absolute Gasteiger partial charge is 0.251 e. The third kappa shape index (κ3) is 4.48. The first-order chi connectivity index (χ1) is 7.11. The lowest BCUT2D eigenvalue weighted by Crippen LogP contribution is -2.27. The number of aromatic nitrogens is 2. The van der Waals surface area contributed by atoms with Crippen LogP contribution in [-0.4, -0.2) is 28.3 Å². The van der Waals surface area contributed by atoms with Crippen LogP contribution in [-0.2, 0) is 0 Å². The van der Waals surface area contributed by atoms with Gasteiger partial charge in [0, 0.05) is 23.6 Å². The van der Waals surface area contributed by atoms with Crippen molar-refractivity contribution in [3.63, 3.8) is 0 Å². The molecule has 0 bridgehead atoms. The van der Waals surface area contributed by atoms with Crippen LogP contribution in [0.3, 0.4) is 0 Å². The first kappa shape index (κ1) is 12.3. The Bertz CT molecular complexity index is 364. The maximum absolute atomic E-state index is 11.2. The van der Waals surface area contributed by atoms with Gasteiger partial charge < -0.3 is 10.3 Å². The normalized spacial score (nSPS) is 12.7. The van der Waals surface area contributed by atoms with Crippen LogP contribution in [0, 0.1) is 6.92 Å². The van der Waals surface area contributed by atoms with E-state index in [9.17, 15) is 4.79 Å². The van der Waals surface area contributed by atoms with Gasteiger partial charge in [-0.2, -0.15) is 0 Å². The summed E-state index contributed by atoms with van der Waals surface area (Å²) in [4.78, 5) is 18.1. The molecule has 0 saturated heterocycles. The molecule has 0 amide bonds. The number of hydrogen-bond acceptors (Lipinski definition) is 4. The average Bonchev–Trinajstić information content (AvgIpc) is 2.14. The Labute approximate surface area is 93.9 Å². The van der Waals surface area contributed by atoms with Crippen LogP contribution in [0.1, 0.15) is 19.5 Å². The summed E-state index contributed by atoms with van der Waals surface area (Å²) in [6.45, 7) is 6.98. The summed E-state index contributed by atoms with van der Waals surface area (Å²) >= 11 is 1.57. The molecule has 1 aromatic rings. The van der Waals surface area contributed by atoms with Crippen molar-refractivity contribution in [1.29, 1.82) is 0 Å². The Morgan fingerprint density at radius 1 is 1.67 bits per heavy atom. The maximum atomic E-state index is 11.2. The van der Waals surface area contributed by atoms with Gasteiger partial charge in [0.2, 0.25) is 0 Å². The third-order valence-corrected chi connectivity index (χ3v) is 3.00. The number of aromatic amines is 1. The van der Waals surface area contributed by atoms with Crippen molar-refractivity contribution in [3.8, 4) is 0 Å². The SMILES string of the molecule is CCNC(C)CSc1nc(C)cc(=O)[nH]1. The van der Waals surface area contributed by atoms with Gasteiger partial charge in [-0.05, 0) is 20.4 Å². The highest BCUT2D eigenvalue weighted by molar-refractivity contribution is 7.99. The highest BCUT2D eigenvalue weighted by atomic mass is 32.2. The van der Waals surface area contributed by atoms with Gasteiger partial charge in [-0.15, -0.1) is 0 Å². The van der Waals surface area contributed by atoms with Crippen LogP contribution in [0.2, 0.25) is 0 Å². The molecule has 0 aliphatic rings. The van der Waals surface area contributed by atoms with E-state index < -0.39 is 0 Å². The molecule has 15 heavy (non-hydrogen) atoms. The van der Waals surface area contributed by atoms with E-state index in [-0.39, 0.29) is 5.56 Å². The lowest BCUT2D eigenvalue weighted by atomic mass is 10.4. The molecule has 5 heteroatoms. The second kappa shape index (κ2) is 5.92. The first-order valence-corrected chi connectivity index (χ1v) is 6.04.